The van der Waals surface area contributed by atoms with Crippen molar-refractivity contribution in [2.75, 3.05) is 13.1 Å². The van der Waals surface area contributed by atoms with Gasteiger partial charge in [-0.2, -0.15) is 0 Å². The van der Waals surface area contributed by atoms with Gasteiger partial charge in [0, 0.05) is 13.0 Å². The molecule has 0 bridgehead atoms. The highest BCUT2D eigenvalue weighted by atomic mass is 35.5. The van der Waals surface area contributed by atoms with Gasteiger partial charge < -0.3 is 11.1 Å². The Morgan fingerprint density at radius 1 is 1.25 bits per heavy atom. The Bertz CT molecular complexity index is 182. The molecule has 16 heavy (non-hydrogen) atoms. The van der Waals surface area contributed by atoms with Crippen LogP contribution in [0.4, 0.5) is 0 Å². The van der Waals surface area contributed by atoms with Crippen LogP contribution in [0.5, 0.6) is 0 Å². The van der Waals surface area contributed by atoms with Gasteiger partial charge in [-0.05, 0) is 31.7 Å². The molecule has 0 unspecified atom stereocenters. The summed E-state index contributed by atoms with van der Waals surface area (Å²) in [5.74, 6) is 1.10. The third kappa shape index (κ3) is 7.07. The number of carbonyl (C=O) groups is 1. The molecule has 0 aromatic heterocycles. The van der Waals surface area contributed by atoms with E-state index in [9.17, 15) is 4.79 Å². The van der Waals surface area contributed by atoms with Gasteiger partial charge in [-0.25, -0.2) is 0 Å². The molecule has 0 radical (unpaired) electrons. The number of rotatable bonds is 7. The van der Waals surface area contributed by atoms with E-state index in [4.69, 9.17) is 5.73 Å². The number of nitrogens with two attached hydrogens (primary N) is 1. The maximum atomic E-state index is 11.2. The molecule has 96 valence electrons. The molecule has 0 spiro atoms. The average molecular weight is 249 g/mol. The summed E-state index contributed by atoms with van der Waals surface area (Å²) < 4.78 is 0. The van der Waals surface area contributed by atoms with Gasteiger partial charge in [0.15, 0.2) is 0 Å². The molecule has 3 N–H and O–H groups in total. The zero-order chi connectivity index (χ0) is 10.9. The molecule has 1 aliphatic rings. The fraction of sp³-hybridized carbons (Fsp3) is 0.917. The molecule has 0 aliphatic heterocycles. The topological polar surface area (TPSA) is 55.1 Å². The van der Waals surface area contributed by atoms with Crippen LogP contribution in [-0.4, -0.2) is 19.0 Å². The first-order valence-corrected chi connectivity index (χ1v) is 6.29. The van der Waals surface area contributed by atoms with Crippen LogP contribution in [0.1, 0.15) is 51.4 Å². The minimum atomic E-state index is 0. The number of carbonyl (C=O) groups excluding carboxylic acids is 1. The summed E-state index contributed by atoms with van der Waals surface area (Å²) in [5.41, 5.74) is 5.33. The summed E-state index contributed by atoms with van der Waals surface area (Å²) in [7, 11) is 0. The largest absolute Gasteiger partial charge is 0.356 e. The van der Waals surface area contributed by atoms with Crippen molar-refractivity contribution < 1.29 is 4.79 Å². The molecule has 0 aromatic rings. The Kier molecular flexibility index (Phi) is 9.74. The van der Waals surface area contributed by atoms with Gasteiger partial charge in [-0.3, -0.25) is 4.79 Å². The zero-order valence-corrected chi connectivity index (χ0v) is 10.9. The third-order valence-corrected chi connectivity index (χ3v) is 3.19. The monoisotopic (exact) mass is 248 g/mol. The molecule has 0 aromatic carbocycles. The Balaban J connectivity index is 0.00000225. The lowest BCUT2D eigenvalue weighted by atomic mass is 10.0. The van der Waals surface area contributed by atoms with Crippen LogP contribution in [0.25, 0.3) is 0 Å². The quantitative estimate of drug-likeness (QED) is 0.679. The van der Waals surface area contributed by atoms with E-state index in [1.165, 1.54) is 32.1 Å². The molecule has 1 rings (SSSR count). The van der Waals surface area contributed by atoms with E-state index < -0.39 is 0 Å². The highest BCUT2D eigenvalue weighted by Gasteiger charge is 2.13. The maximum Gasteiger partial charge on any atom is 0.220 e. The first kappa shape index (κ1) is 15.7. The molecule has 0 saturated heterocycles. The van der Waals surface area contributed by atoms with Crippen molar-refractivity contribution in [1.29, 1.82) is 0 Å². The van der Waals surface area contributed by atoms with Crippen molar-refractivity contribution in [1.82, 2.24) is 5.32 Å². The number of amides is 1. The molecule has 1 saturated carbocycles. The van der Waals surface area contributed by atoms with E-state index in [2.05, 4.69) is 5.32 Å². The van der Waals surface area contributed by atoms with Crippen molar-refractivity contribution >= 4 is 18.3 Å². The second kappa shape index (κ2) is 9.91. The predicted octanol–water partition coefficient (Wildman–Crippen LogP) is 2.23. The summed E-state index contributed by atoms with van der Waals surface area (Å²) >= 11 is 0. The summed E-state index contributed by atoms with van der Waals surface area (Å²) in [4.78, 5) is 11.2. The van der Waals surface area contributed by atoms with Gasteiger partial charge in [0.2, 0.25) is 5.91 Å². The van der Waals surface area contributed by atoms with Gasteiger partial charge >= 0.3 is 0 Å². The van der Waals surface area contributed by atoms with E-state index in [1.807, 2.05) is 0 Å². The summed E-state index contributed by atoms with van der Waals surface area (Å²) in [6.45, 7) is 1.45. The first-order valence-electron chi connectivity index (χ1n) is 6.29. The van der Waals surface area contributed by atoms with Crippen LogP contribution in [0.2, 0.25) is 0 Å². The molecular weight excluding hydrogens is 224 g/mol. The molecule has 0 heterocycles. The van der Waals surface area contributed by atoms with E-state index in [0.29, 0.717) is 13.0 Å². The molecule has 0 atom stereocenters. The fourth-order valence-corrected chi connectivity index (χ4v) is 2.27. The standard InChI is InChI=1S/C12H24N2O.ClH/c13-9-3-8-12(15)14-10-4-7-11-5-1-2-6-11;/h11H,1-10,13H2,(H,14,15);1H. The molecule has 3 nitrogen and oxygen atoms in total. The normalized spacial score (nSPS) is 15.8. The Morgan fingerprint density at radius 3 is 2.56 bits per heavy atom. The van der Waals surface area contributed by atoms with Crippen LogP contribution in [0.15, 0.2) is 0 Å². The highest BCUT2D eigenvalue weighted by molar-refractivity contribution is 5.85. The number of hydrogen-bond donors (Lipinski definition) is 2. The van der Waals surface area contributed by atoms with E-state index in [1.54, 1.807) is 0 Å². The first-order chi connectivity index (χ1) is 7.33. The van der Waals surface area contributed by atoms with Crippen molar-refractivity contribution in [3.8, 4) is 0 Å². The SMILES string of the molecule is Cl.NCCCC(=O)NCCCC1CCCC1. The summed E-state index contributed by atoms with van der Waals surface area (Å²) in [6, 6.07) is 0. The maximum absolute atomic E-state index is 11.2. The van der Waals surface area contributed by atoms with Crippen molar-refractivity contribution in [3.63, 3.8) is 0 Å². The lowest BCUT2D eigenvalue weighted by Gasteiger charge is -2.09. The van der Waals surface area contributed by atoms with Gasteiger partial charge in [0.1, 0.15) is 0 Å². The van der Waals surface area contributed by atoms with Crippen LogP contribution in [-0.2, 0) is 4.79 Å². The molecule has 1 aliphatic carbocycles. The van der Waals surface area contributed by atoms with E-state index in [-0.39, 0.29) is 18.3 Å². The smallest absolute Gasteiger partial charge is 0.220 e. The van der Waals surface area contributed by atoms with Gasteiger partial charge in [0.25, 0.3) is 0 Å². The lowest BCUT2D eigenvalue weighted by molar-refractivity contribution is -0.121. The second-order valence-corrected chi connectivity index (χ2v) is 4.53. The van der Waals surface area contributed by atoms with Crippen LogP contribution < -0.4 is 11.1 Å². The van der Waals surface area contributed by atoms with Crippen LogP contribution in [0.3, 0.4) is 0 Å². The zero-order valence-electron chi connectivity index (χ0n) is 10.0. The number of hydrogen-bond acceptors (Lipinski definition) is 2. The Labute approximate surface area is 105 Å². The fourth-order valence-electron chi connectivity index (χ4n) is 2.27. The molecular formula is C12H25ClN2O. The van der Waals surface area contributed by atoms with E-state index >= 15 is 0 Å². The molecule has 1 amide bonds. The van der Waals surface area contributed by atoms with Gasteiger partial charge in [-0.1, -0.05) is 25.7 Å². The van der Waals surface area contributed by atoms with Crippen LogP contribution >= 0.6 is 12.4 Å². The molecule has 1 fully saturated rings. The Hall–Kier alpha value is -0.280. The van der Waals surface area contributed by atoms with Crippen molar-refractivity contribution in [2.24, 2.45) is 11.7 Å². The number of nitrogens with one attached hydrogen (secondary N) is 1. The van der Waals surface area contributed by atoms with Crippen molar-refractivity contribution in [3.05, 3.63) is 0 Å². The van der Waals surface area contributed by atoms with Gasteiger partial charge in [-0.15, -0.1) is 12.4 Å². The van der Waals surface area contributed by atoms with Crippen molar-refractivity contribution in [2.45, 2.75) is 51.4 Å². The summed E-state index contributed by atoms with van der Waals surface area (Å²) in [6.07, 6.45) is 9.44. The molecule has 4 heteroatoms. The Morgan fingerprint density at radius 2 is 1.94 bits per heavy atom. The minimum Gasteiger partial charge on any atom is -0.356 e. The third-order valence-electron chi connectivity index (χ3n) is 3.19. The average Bonchev–Trinajstić information content (AvgIpc) is 2.74. The second-order valence-electron chi connectivity index (χ2n) is 4.53. The van der Waals surface area contributed by atoms with Gasteiger partial charge in [0.05, 0.1) is 0 Å². The highest BCUT2D eigenvalue weighted by Crippen LogP contribution is 2.28. The van der Waals surface area contributed by atoms with Crippen LogP contribution in [0, 0.1) is 5.92 Å². The van der Waals surface area contributed by atoms with E-state index in [0.717, 1.165) is 25.3 Å². The minimum absolute atomic E-state index is 0. The summed E-state index contributed by atoms with van der Waals surface area (Å²) in [5, 5.41) is 2.95. The number of halogens is 1. The predicted molar refractivity (Wildman–Crippen MR) is 69.7 cm³/mol. The lowest BCUT2D eigenvalue weighted by Crippen LogP contribution is -2.25.